The lowest BCUT2D eigenvalue weighted by Crippen LogP contribution is -2.46. The fourth-order valence-electron chi connectivity index (χ4n) is 5.08. The zero-order valence-corrected chi connectivity index (χ0v) is 19.5. The van der Waals surface area contributed by atoms with E-state index in [4.69, 9.17) is 14.0 Å². The molecular weight excluding hydrogens is 425 g/mol. The van der Waals surface area contributed by atoms with E-state index in [1.807, 2.05) is 19.9 Å². The Balaban J connectivity index is 1.54. The van der Waals surface area contributed by atoms with Crippen molar-refractivity contribution in [1.82, 2.24) is 5.16 Å². The number of cyclic esters (lactones) is 1. The van der Waals surface area contributed by atoms with Crippen molar-refractivity contribution >= 4 is 5.97 Å². The zero-order chi connectivity index (χ0) is 23.6. The Morgan fingerprint density at radius 3 is 2.64 bits per heavy atom. The lowest BCUT2D eigenvalue weighted by Gasteiger charge is -2.41. The number of esters is 1. The van der Waals surface area contributed by atoms with E-state index in [-0.39, 0.29) is 41.9 Å². The molecule has 4 rings (SSSR count). The zero-order valence-electron chi connectivity index (χ0n) is 19.5. The number of hydrogen-bond donors (Lipinski definition) is 1. The van der Waals surface area contributed by atoms with Crippen LogP contribution in [0.15, 0.2) is 40.1 Å². The molecule has 7 heteroatoms. The molecule has 0 amide bonds. The SMILES string of the molecule is Cc1cc(CC2=C(O)CC(CCc3ccc(OC(C)C)c(F)c3)(C3CCCC3)OC2=O)no1. The number of nitrogens with zero attached hydrogens (tertiary/aromatic N) is 1. The summed E-state index contributed by atoms with van der Waals surface area (Å²) in [7, 11) is 0. The van der Waals surface area contributed by atoms with Gasteiger partial charge in [-0.05, 0) is 70.1 Å². The van der Waals surface area contributed by atoms with Gasteiger partial charge in [-0.3, -0.25) is 0 Å². The van der Waals surface area contributed by atoms with Gasteiger partial charge in [0.25, 0.3) is 0 Å². The fraction of sp³-hybridized carbons (Fsp3) is 0.538. The second-order valence-electron chi connectivity index (χ2n) is 9.57. The highest BCUT2D eigenvalue weighted by atomic mass is 19.1. The number of rotatable bonds is 8. The summed E-state index contributed by atoms with van der Waals surface area (Å²) in [5.74, 6) is 0.213. The molecule has 2 aromatic rings. The van der Waals surface area contributed by atoms with E-state index in [9.17, 15) is 14.3 Å². The molecule has 1 unspecified atom stereocenters. The summed E-state index contributed by atoms with van der Waals surface area (Å²) in [6.07, 6.45) is 5.45. The number of aryl methyl sites for hydroxylation is 2. The van der Waals surface area contributed by atoms with Gasteiger partial charge < -0.3 is 19.1 Å². The van der Waals surface area contributed by atoms with Crippen molar-refractivity contribution in [2.45, 2.75) is 83.8 Å². The van der Waals surface area contributed by atoms with Gasteiger partial charge in [0.15, 0.2) is 11.6 Å². The number of aliphatic hydroxyl groups is 1. The van der Waals surface area contributed by atoms with Crippen LogP contribution in [0.5, 0.6) is 5.75 Å². The van der Waals surface area contributed by atoms with E-state index in [0.717, 1.165) is 31.2 Å². The van der Waals surface area contributed by atoms with E-state index in [0.29, 0.717) is 24.3 Å². The number of carbonyl (C=O) groups is 1. The summed E-state index contributed by atoms with van der Waals surface area (Å²) in [5, 5.41) is 14.8. The third-order valence-corrected chi connectivity index (χ3v) is 6.69. The first-order valence-corrected chi connectivity index (χ1v) is 11.8. The maximum atomic E-state index is 14.5. The number of aliphatic hydroxyl groups excluding tert-OH is 1. The van der Waals surface area contributed by atoms with Crippen LogP contribution < -0.4 is 4.74 Å². The summed E-state index contributed by atoms with van der Waals surface area (Å²) in [5.41, 5.74) is 0.839. The third kappa shape index (κ3) is 5.23. The molecule has 0 radical (unpaired) electrons. The Bertz CT molecular complexity index is 1040. The number of benzene rings is 1. The first kappa shape index (κ1) is 23.3. The first-order chi connectivity index (χ1) is 15.8. The van der Waals surface area contributed by atoms with Gasteiger partial charge in [-0.2, -0.15) is 0 Å². The summed E-state index contributed by atoms with van der Waals surface area (Å²) >= 11 is 0. The Hall–Kier alpha value is -2.83. The number of halogens is 1. The maximum absolute atomic E-state index is 14.5. The Morgan fingerprint density at radius 1 is 1.27 bits per heavy atom. The van der Waals surface area contributed by atoms with Gasteiger partial charge in [-0.15, -0.1) is 0 Å². The number of carbonyl (C=O) groups excluding carboxylic acids is 1. The molecule has 1 aromatic carbocycles. The highest BCUT2D eigenvalue weighted by molar-refractivity contribution is 5.90. The smallest absolute Gasteiger partial charge is 0.338 e. The van der Waals surface area contributed by atoms with E-state index < -0.39 is 17.4 Å². The Labute approximate surface area is 193 Å². The van der Waals surface area contributed by atoms with Crippen molar-refractivity contribution in [2.24, 2.45) is 5.92 Å². The van der Waals surface area contributed by atoms with Crippen LogP contribution in [0.25, 0.3) is 0 Å². The summed E-state index contributed by atoms with van der Waals surface area (Å²) < 4.78 is 31.2. The minimum absolute atomic E-state index is 0.0608. The van der Waals surface area contributed by atoms with Crippen LogP contribution in [-0.2, 0) is 22.4 Å². The highest BCUT2D eigenvalue weighted by Gasteiger charge is 2.48. The van der Waals surface area contributed by atoms with Gasteiger partial charge in [-0.1, -0.05) is 24.1 Å². The molecule has 33 heavy (non-hydrogen) atoms. The third-order valence-electron chi connectivity index (χ3n) is 6.69. The molecule has 2 aliphatic rings. The average Bonchev–Trinajstić information content (AvgIpc) is 3.43. The molecule has 1 aromatic heterocycles. The van der Waals surface area contributed by atoms with Crippen molar-refractivity contribution in [2.75, 3.05) is 0 Å². The number of aromatic nitrogens is 1. The van der Waals surface area contributed by atoms with Crippen molar-refractivity contribution in [1.29, 1.82) is 0 Å². The molecular formula is C26H32FNO5. The first-order valence-electron chi connectivity index (χ1n) is 11.8. The van der Waals surface area contributed by atoms with Crippen molar-refractivity contribution in [3.63, 3.8) is 0 Å². The summed E-state index contributed by atoms with van der Waals surface area (Å²) in [6.45, 7) is 5.49. The van der Waals surface area contributed by atoms with E-state index in [1.165, 1.54) is 6.07 Å². The molecule has 1 atom stereocenters. The minimum atomic E-state index is -0.787. The summed E-state index contributed by atoms with van der Waals surface area (Å²) in [4.78, 5) is 13.0. The van der Waals surface area contributed by atoms with Crippen LogP contribution in [0.1, 0.15) is 69.4 Å². The van der Waals surface area contributed by atoms with Gasteiger partial charge in [0.2, 0.25) is 0 Å². The molecule has 0 saturated heterocycles. The molecule has 1 fully saturated rings. The molecule has 1 N–H and O–H groups in total. The normalized spacial score (nSPS) is 21.7. The van der Waals surface area contributed by atoms with Gasteiger partial charge in [0.1, 0.15) is 17.1 Å². The molecule has 1 saturated carbocycles. The number of hydrogen-bond acceptors (Lipinski definition) is 6. The monoisotopic (exact) mass is 457 g/mol. The second-order valence-corrected chi connectivity index (χ2v) is 9.57. The largest absolute Gasteiger partial charge is 0.512 e. The number of ether oxygens (including phenoxy) is 2. The maximum Gasteiger partial charge on any atom is 0.338 e. The van der Waals surface area contributed by atoms with Crippen LogP contribution in [-0.4, -0.2) is 27.9 Å². The quantitative estimate of drug-likeness (QED) is 0.507. The van der Waals surface area contributed by atoms with Gasteiger partial charge in [0, 0.05) is 18.9 Å². The predicted molar refractivity (Wildman–Crippen MR) is 120 cm³/mol. The molecule has 1 aliphatic carbocycles. The Kier molecular flexibility index (Phi) is 6.77. The van der Waals surface area contributed by atoms with Crippen molar-refractivity contribution in [3.05, 3.63) is 58.4 Å². The van der Waals surface area contributed by atoms with E-state index >= 15 is 0 Å². The van der Waals surface area contributed by atoms with Crippen LogP contribution in [0.4, 0.5) is 4.39 Å². The molecule has 0 spiro atoms. The second kappa shape index (κ2) is 9.57. The Morgan fingerprint density at radius 2 is 2.03 bits per heavy atom. The fourth-order valence-corrected chi connectivity index (χ4v) is 5.08. The topological polar surface area (TPSA) is 81.8 Å². The van der Waals surface area contributed by atoms with E-state index in [2.05, 4.69) is 5.16 Å². The molecule has 2 heterocycles. The molecule has 178 valence electrons. The van der Waals surface area contributed by atoms with Crippen molar-refractivity contribution in [3.8, 4) is 5.75 Å². The van der Waals surface area contributed by atoms with E-state index in [1.54, 1.807) is 19.1 Å². The van der Waals surface area contributed by atoms with Gasteiger partial charge in [-0.25, -0.2) is 9.18 Å². The van der Waals surface area contributed by atoms with Gasteiger partial charge in [0.05, 0.1) is 17.4 Å². The van der Waals surface area contributed by atoms with Crippen LogP contribution in [0.2, 0.25) is 0 Å². The van der Waals surface area contributed by atoms with Gasteiger partial charge >= 0.3 is 5.97 Å². The standard InChI is InChI=1S/C26H32FNO5/c1-16(2)31-24-9-8-18(13-22(24)27)10-11-26(19-6-4-5-7-19)15-23(29)21(25(30)32-26)14-20-12-17(3)33-28-20/h8-9,12-13,16,19,29H,4-7,10-11,14-15H2,1-3H3. The van der Waals surface area contributed by atoms with Crippen molar-refractivity contribution < 1.29 is 28.3 Å². The lowest BCUT2D eigenvalue weighted by atomic mass is 9.76. The average molecular weight is 458 g/mol. The van der Waals surface area contributed by atoms with Crippen LogP contribution >= 0.6 is 0 Å². The van der Waals surface area contributed by atoms with Crippen LogP contribution in [0, 0.1) is 18.7 Å². The molecule has 6 nitrogen and oxygen atoms in total. The molecule has 0 bridgehead atoms. The predicted octanol–water partition coefficient (Wildman–Crippen LogP) is 5.77. The lowest BCUT2D eigenvalue weighted by molar-refractivity contribution is -0.167. The molecule has 1 aliphatic heterocycles. The van der Waals surface area contributed by atoms with Crippen LogP contribution in [0.3, 0.4) is 0 Å². The summed E-state index contributed by atoms with van der Waals surface area (Å²) in [6, 6.07) is 6.73. The highest BCUT2D eigenvalue weighted by Crippen LogP contribution is 2.46. The minimum Gasteiger partial charge on any atom is -0.512 e.